The van der Waals surface area contributed by atoms with Crippen molar-refractivity contribution in [2.45, 2.75) is 12.1 Å². The van der Waals surface area contributed by atoms with Crippen LogP contribution in [0.1, 0.15) is 0 Å². The number of nitrogens with two attached hydrogens (primary N) is 2. The Hall–Kier alpha value is -0.970. The van der Waals surface area contributed by atoms with Gasteiger partial charge >= 0.3 is 11.9 Å². The third-order valence-corrected chi connectivity index (χ3v) is 4.12. The summed E-state index contributed by atoms with van der Waals surface area (Å²) in [5.41, 5.74) is 10.8. The summed E-state index contributed by atoms with van der Waals surface area (Å²) >= 11 is 0. The Labute approximate surface area is 111 Å². The lowest BCUT2D eigenvalue weighted by Crippen LogP contribution is -2.43. The molecule has 2 atom stereocenters. The normalized spacial score (nSPS) is 13.7. The summed E-state index contributed by atoms with van der Waals surface area (Å²) in [5, 5.41) is 19.0. The van der Waals surface area contributed by atoms with Gasteiger partial charge in [-0.1, -0.05) is 21.6 Å². The van der Waals surface area contributed by atoms with E-state index in [9.17, 15) is 14.4 Å². The number of aliphatic carboxylic acids is 2. The summed E-state index contributed by atoms with van der Waals surface area (Å²) in [6.07, 6.45) is 0. The van der Waals surface area contributed by atoms with Gasteiger partial charge in [0.05, 0.1) is 6.04 Å². The fourth-order valence-electron chi connectivity index (χ4n) is 0.684. The van der Waals surface area contributed by atoms with Crippen LogP contribution in [-0.4, -0.2) is 58.2 Å². The lowest BCUT2D eigenvalue weighted by Gasteiger charge is -2.11. The van der Waals surface area contributed by atoms with E-state index in [0.717, 1.165) is 0 Å². The topological polar surface area (TPSA) is 156 Å². The molecule has 0 aromatic heterocycles. The third kappa shape index (κ3) is 8.17. The maximum atomic E-state index is 11.2. The maximum Gasteiger partial charge on any atom is 0.322 e. The van der Waals surface area contributed by atoms with E-state index in [4.69, 9.17) is 21.7 Å². The number of rotatable bonds is 9. The van der Waals surface area contributed by atoms with Crippen LogP contribution in [0, 0.1) is 0 Å². The number of carbonyl (C=O) groups excluding carboxylic acids is 1. The summed E-state index contributed by atoms with van der Waals surface area (Å²) in [4.78, 5) is 31.8. The monoisotopic (exact) mass is 297 g/mol. The molecule has 0 saturated heterocycles. The highest BCUT2D eigenvalue weighted by Crippen LogP contribution is 2.22. The predicted molar refractivity (Wildman–Crippen MR) is 69.1 cm³/mol. The van der Waals surface area contributed by atoms with Gasteiger partial charge in [-0.25, -0.2) is 0 Å². The van der Waals surface area contributed by atoms with Crippen molar-refractivity contribution in [2.75, 3.05) is 18.1 Å². The molecule has 0 heterocycles. The van der Waals surface area contributed by atoms with Gasteiger partial charge in [-0.3, -0.25) is 14.4 Å². The Kier molecular flexibility index (Phi) is 8.54. The van der Waals surface area contributed by atoms with Crippen LogP contribution in [0.2, 0.25) is 0 Å². The second kappa shape index (κ2) is 9.03. The molecule has 0 bridgehead atoms. The van der Waals surface area contributed by atoms with Crippen molar-refractivity contribution in [1.29, 1.82) is 0 Å². The maximum absolute atomic E-state index is 11.2. The largest absolute Gasteiger partial charge is 0.480 e. The zero-order valence-corrected chi connectivity index (χ0v) is 11.0. The van der Waals surface area contributed by atoms with Crippen molar-refractivity contribution in [1.82, 2.24) is 5.32 Å². The van der Waals surface area contributed by atoms with E-state index in [1.807, 2.05) is 0 Å². The first-order valence-electron chi connectivity index (χ1n) is 4.82. The lowest BCUT2D eigenvalue weighted by atomic mass is 10.3. The average molecular weight is 297 g/mol. The average Bonchev–Trinajstić information content (AvgIpc) is 2.30. The lowest BCUT2D eigenvalue weighted by molar-refractivity contribution is -0.138. The molecule has 0 aromatic carbocycles. The minimum Gasteiger partial charge on any atom is -0.480 e. The standard InChI is InChI=1S/C8H15N3O5S2/c9-4(7(14)11-1-6(12)13)2-17-18-3-5(10)8(15)16/h4-5H,1-3,9-10H2,(H,11,14)(H,12,13)(H,15,16)/t4?,5-/m0/s1. The van der Waals surface area contributed by atoms with Gasteiger partial charge < -0.3 is 27.0 Å². The molecule has 0 rings (SSSR count). The van der Waals surface area contributed by atoms with Crippen molar-refractivity contribution in [2.24, 2.45) is 11.5 Å². The van der Waals surface area contributed by atoms with E-state index in [1.54, 1.807) is 0 Å². The van der Waals surface area contributed by atoms with Gasteiger partial charge in [0.15, 0.2) is 0 Å². The number of amides is 1. The van der Waals surface area contributed by atoms with Crippen LogP contribution in [0.3, 0.4) is 0 Å². The Morgan fingerprint density at radius 2 is 1.56 bits per heavy atom. The van der Waals surface area contributed by atoms with E-state index < -0.39 is 36.5 Å². The molecule has 0 fully saturated rings. The molecule has 18 heavy (non-hydrogen) atoms. The molecular weight excluding hydrogens is 282 g/mol. The zero-order valence-electron chi connectivity index (χ0n) is 9.37. The molecule has 0 aromatic rings. The fraction of sp³-hybridized carbons (Fsp3) is 0.625. The van der Waals surface area contributed by atoms with Gasteiger partial charge in [-0.15, -0.1) is 0 Å². The number of carboxylic acids is 2. The number of hydrogen-bond acceptors (Lipinski definition) is 7. The van der Waals surface area contributed by atoms with Crippen LogP contribution in [0.15, 0.2) is 0 Å². The van der Waals surface area contributed by atoms with Crippen molar-refractivity contribution < 1.29 is 24.6 Å². The Bertz CT molecular complexity index is 315. The van der Waals surface area contributed by atoms with Crippen LogP contribution in [0.25, 0.3) is 0 Å². The molecule has 0 saturated carbocycles. The molecule has 8 nitrogen and oxygen atoms in total. The predicted octanol–water partition coefficient (Wildman–Crippen LogP) is -1.69. The van der Waals surface area contributed by atoms with Crippen LogP contribution < -0.4 is 16.8 Å². The highest BCUT2D eigenvalue weighted by Gasteiger charge is 2.15. The van der Waals surface area contributed by atoms with Gasteiger partial charge in [0.2, 0.25) is 5.91 Å². The minimum atomic E-state index is -1.15. The van der Waals surface area contributed by atoms with Gasteiger partial charge in [0, 0.05) is 11.5 Å². The van der Waals surface area contributed by atoms with E-state index in [0.29, 0.717) is 0 Å². The highest BCUT2D eigenvalue weighted by molar-refractivity contribution is 8.76. The van der Waals surface area contributed by atoms with Crippen LogP contribution in [0.5, 0.6) is 0 Å². The van der Waals surface area contributed by atoms with E-state index in [-0.39, 0.29) is 11.5 Å². The summed E-state index contributed by atoms with van der Waals surface area (Å²) in [6.45, 7) is -0.478. The number of nitrogens with one attached hydrogen (secondary N) is 1. The molecule has 1 unspecified atom stereocenters. The van der Waals surface area contributed by atoms with Gasteiger partial charge in [0.1, 0.15) is 12.6 Å². The Morgan fingerprint density at radius 3 is 2.00 bits per heavy atom. The second-order valence-corrected chi connectivity index (χ2v) is 5.78. The quantitative estimate of drug-likeness (QED) is 0.247. The number of carboxylic acid groups (broad SMARTS) is 2. The van der Waals surface area contributed by atoms with E-state index in [1.165, 1.54) is 21.6 Å². The van der Waals surface area contributed by atoms with Crippen LogP contribution >= 0.6 is 21.6 Å². The molecule has 7 N–H and O–H groups in total. The molecule has 1 amide bonds. The first-order valence-corrected chi connectivity index (χ1v) is 7.31. The SMILES string of the molecule is NC(CSSC[C@H](N)C(=O)O)C(=O)NCC(=O)O. The summed E-state index contributed by atoms with van der Waals surface area (Å²) < 4.78 is 0. The molecule has 104 valence electrons. The molecule has 0 aliphatic rings. The van der Waals surface area contributed by atoms with Crippen molar-refractivity contribution in [3.05, 3.63) is 0 Å². The minimum absolute atomic E-state index is 0.198. The van der Waals surface area contributed by atoms with Crippen LogP contribution in [0.4, 0.5) is 0 Å². The van der Waals surface area contributed by atoms with Crippen LogP contribution in [-0.2, 0) is 14.4 Å². The summed E-state index contributed by atoms with van der Waals surface area (Å²) in [7, 11) is 2.40. The first kappa shape index (κ1) is 17.0. The van der Waals surface area contributed by atoms with Crippen molar-refractivity contribution in [3.8, 4) is 0 Å². The van der Waals surface area contributed by atoms with E-state index >= 15 is 0 Å². The molecule has 0 radical (unpaired) electrons. The molecule has 0 aliphatic carbocycles. The molecule has 0 aliphatic heterocycles. The Morgan fingerprint density at radius 1 is 1.06 bits per heavy atom. The Balaban J connectivity index is 3.69. The van der Waals surface area contributed by atoms with Crippen molar-refractivity contribution >= 4 is 39.4 Å². The molecular formula is C8H15N3O5S2. The van der Waals surface area contributed by atoms with Gasteiger partial charge in [-0.05, 0) is 0 Å². The number of carbonyl (C=O) groups is 3. The highest BCUT2D eigenvalue weighted by atomic mass is 33.1. The zero-order chi connectivity index (χ0) is 14.1. The van der Waals surface area contributed by atoms with E-state index in [2.05, 4.69) is 5.32 Å². The summed E-state index contributed by atoms with van der Waals surface area (Å²) in [5.74, 6) is -2.36. The fourth-order valence-corrected chi connectivity index (χ4v) is 2.92. The molecule has 10 heteroatoms. The second-order valence-electron chi connectivity index (χ2n) is 3.23. The van der Waals surface area contributed by atoms with Crippen molar-refractivity contribution in [3.63, 3.8) is 0 Å². The number of hydrogen-bond donors (Lipinski definition) is 5. The third-order valence-electron chi connectivity index (χ3n) is 1.65. The van der Waals surface area contributed by atoms with Gasteiger partial charge in [-0.2, -0.15) is 0 Å². The smallest absolute Gasteiger partial charge is 0.322 e. The first-order chi connectivity index (χ1) is 8.34. The molecule has 0 spiro atoms. The summed E-state index contributed by atoms with van der Waals surface area (Å²) in [6, 6.07) is -1.80. The van der Waals surface area contributed by atoms with Gasteiger partial charge in [0.25, 0.3) is 0 Å².